The van der Waals surface area contributed by atoms with Gasteiger partial charge in [0.15, 0.2) is 5.43 Å². The van der Waals surface area contributed by atoms with Crippen LogP contribution in [0.2, 0.25) is 0 Å². The van der Waals surface area contributed by atoms with E-state index < -0.39 is 11.4 Å². The summed E-state index contributed by atoms with van der Waals surface area (Å²) in [7, 11) is 3.37. The van der Waals surface area contributed by atoms with Gasteiger partial charge in [0.05, 0.1) is 31.6 Å². The molecule has 8 nitrogen and oxygen atoms in total. The number of benzene rings is 1. The molecule has 1 atom stereocenters. The lowest BCUT2D eigenvalue weighted by Gasteiger charge is -2.41. The van der Waals surface area contributed by atoms with Crippen molar-refractivity contribution in [3.8, 4) is 17.0 Å². The van der Waals surface area contributed by atoms with Gasteiger partial charge in [-0.05, 0) is 31.0 Å². The van der Waals surface area contributed by atoms with Crippen molar-refractivity contribution in [2.45, 2.75) is 64.9 Å². The predicted octanol–water partition coefficient (Wildman–Crippen LogP) is 3.51. The molecule has 1 aliphatic carbocycles. The lowest BCUT2D eigenvalue weighted by atomic mass is 9.77. The number of nitrogens with zero attached hydrogens (tertiary/aromatic N) is 1. The lowest BCUT2D eigenvalue weighted by Crippen LogP contribution is -2.39. The molecule has 2 aliphatic rings. The quantitative estimate of drug-likeness (QED) is 0.543. The van der Waals surface area contributed by atoms with Gasteiger partial charge in [0.25, 0.3) is 0 Å². The molecule has 1 N–H and O–H groups in total. The van der Waals surface area contributed by atoms with Crippen molar-refractivity contribution in [3.63, 3.8) is 0 Å². The highest BCUT2D eigenvalue weighted by Crippen LogP contribution is 2.45. The van der Waals surface area contributed by atoms with Crippen LogP contribution in [-0.4, -0.2) is 55.3 Å². The van der Waals surface area contributed by atoms with Crippen LogP contribution >= 0.6 is 0 Å². The van der Waals surface area contributed by atoms with Crippen molar-refractivity contribution in [2.24, 2.45) is 5.41 Å². The molecule has 0 saturated heterocycles. The Morgan fingerprint density at radius 3 is 2.54 bits per heavy atom. The first-order valence-corrected chi connectivity index (χ1v) is 12.1. The number of ether oxygens (including phenoxy) is 4. The number of carbonyl (C=O) groups excluding carboxylic acids is 1. The minimum absolute atomic E-state index is 0.0114. The van der Waals surface area contributed by atoms with Crippen LogP contribution in [0.4, 0.5) is 0 Å². The summed E-state index contributed by atoms with van der Waals surface area (Å²) in [6, 6.07) is 5.29. The maximum absolute atomic E-state index is 12.9. The summed E-state index contributed by atoms with van der Waals surface area (Å²) in [5, 5.41) is 10.1. The first-order chi connectivity index (χ1) is 16.7. The minimum Gasteiger partial charge on any atom is -0.490 e. The number of rotatable bonds is 9. The van der Waals surface area contributed by atoms with Gasteiger partial charge in [-0.3, -0.25) is 4.79 Å². The average molecular weight is 486 g/mol. The Balaban J connectivity index is 1.82. The molecule has 0 radical (unpaired) electrons. The molecular weight excluding hydrogens is 450 g/mol. The monoisotopic (exact) mass is 485 g/mol. The summed E-state index contributed by atoms with van der Waals surface area (Å²) in [4.78, 5) is 25.4. The van der Waals surface area contributed by atoms with E-state index in [1.807, 2.05) is 16.7 Å². The van der Waals surface area contributed by atoms with E-state index >= 15 is 0 Å². The Bertz CT molecular complexity index is 1150. The van der Waals surface area contributed by atoms with Crippen LogP contribution in [0.1, 0.15) is 61.1 Å². The fraction of sp³-hybridized carbons (Fsp3) is 0.556. The molecule has 1 fully saturated rings. The topological polar surface area (TPSA) is 96.2 Å². The zero-order chi connectivity index (χ0) is 25.3. The SMILES string of the molecule is CCOC(=O)c1cn2c(cc1=O)-c1cc(CO)c(OC3CC(OC)C3)cc1CC2C(C)(C)COC. The van der Waals surface area contributed by atoms with Crippen molar-refractivity contribution in [1.82, 2.24) is 4.57 Å². The summed E-state index contributed by atoms with van der Waals surface area (Å²) in [6.45, 7) is 6.42. The van der Waals surface area contributed by atoms with Crippen molar-refractivity contribution in [2.75, 3.05) is 27.4 Å². The molecule has 1 aromatic carbocycles. The highest BCUT2D eigenvalue weighted by Gasteiger charge is 2.38. The second-order valence-corrected chi connectivity index (χ2v) is 10.1. The fourth-order valence-electron chi connectivity index (χ4n) is 5.11. The molecule has 35 heavy (non-hydrogen) atoms. The van der Waals surface area contributed by atoms with E-state index in [0.717, 1.165) is 24.0 Å². The van der Waals surface area contributed by atoms with Gasteiger partial charge in [-0.15, -0.1) is 0 Å². The van der Waals surface area contributed by atoms with Crippen molar-refractivity contribution >= 4 is 5.97 Å². The number of aromatic nitrogens is 1. The Kier molecular flexibility index (Phi) is 7.35. The standard InChI is InChI=1S/C27H35NO7/c1-6-34-26(31)21-13-28-22(12-23(21)30)20-7-17(14-29)24(35-19-10-18(11-19)33-5)8-16(20)9-25(28)27(2,3)15-32-4/h7-8,12-13,18-19,25,29H,6,9-11,14-15H2,1-5H3. The third kappa shape index (κ3) is 4.87. The number of pyridine rings is 1. The number of hydrogen-bond acceptors (Lipinski definition) is 7. The summed E-state index contributed by atoms with van der Waals surface area (Å²) in [5.41, 5.74) is 2.54. The number of aliphatic hydroxyl groups excluding tert-OH is 1. The summed E-state index contributed by atoms with van der Waals surface area (Å²) in [5.74, 6) is 0.0320. The molecule has 1 saturated carbocycles. The molecular formula is C27H35NO7. The number of fused-ring (bicyclic) bond motifs is 3. The van der Waals surface area contributed by atoms with Gasteiger partial charge >= 0.3 is 5.97 Å². The van der Waals surface area contributed by atoms with E-state index in [4.69, 9.17) is 18.9 Å². The number of hydrogen-bond donors (Lipinski definition) is 1. The second kappa shape index (κ2) is 10.1. The average Bonchev–Trinajstić information content (AvgIpc) is 2.79. The van der Waals surface area contributed by atoms with Crippen LogP contribution < -0.4 is 10.2 Å². The fourth-order valence-corrected chi connectivity index (χ4v) is 5.11. The van der Waals surface area contributed by atoms with E-state index in [-0.39, 0.29) is 42.4 Å². The predicted molar refractivity (Wildman–Crippen MR) is 131 cm³/mol. The van der Waals surface area contributed by atoms with Crippen LogP contribution in [0.15, 0.2) is 29.2 Å². The molecule has 0 bridgehead atoms. The third-order valence-corrected chi connectivity index (χ3v) is 7.15. The number of carbonyl (C=O) groups is 1. The molecule has 0 spiro atoms. The number of esters is 1. The smallest absolute Gasteiger partial charge is 0.343 e. The van der Waals surface area contributed by atoms with E-state index in [9.17, 15) is 14.7 Å². The van der Waals surface area contributed by atoms with Crippen LogP contribution in [0.5, 0.6) is 5.75 Å². The summed E-state index contributed by atoms with van der Waals surface area (Å²) in [6.07, 6.45) is 4.16. The minimum atomic E-state index is -0.628. The Morgan fingerprint density at radius 2 is 1.91 bits per heavy atom. The lowest BCUT2D eigenvalue weighted by molar-refractivity contribution is -0.0387. The molecule has 1 aliphatic heterocycles. The normalized spacial score (nSPS) is 21.0. The Morgan fingerprint density at radius 1 is 1.17 bits per heavy atom. The van der Waals surface area contributed by atoms with Gasteiger partial charge in [0.1, 0.15) is 17.4 Å². The van der Waals surface area contributed by atoms with Crippen molar-refractivity contribution < 1.29 is 28.8 Å². The molecule has 190 valence electrons. The highest BCUT2D eigenvalue weighted by atomic mass is 16.5. The Hall–Kier alpha value is -2.68. The van der Waals surface area contributed by atoms with Gasteiger partial charge in [-0.1, -0.05) is 13.8 Å². The van der Waals surface area contributed by atoms with Crippen molar-refractivity contribution in [3.05, 3.63) is 51.3 Å². The van der Waals surface area contributed by atoms with Crippen LogP contribution in [0.25, 0.3) is 11.3 Å². The second-order valence-electron chi connectivity index (χ2n) is 10.1. The maximum Gasteiger partial charge on any atom is 0.343 e. The molecule has 1 aromatic heterocycles. The summed E-state index contributed by atoms with van der Waals surface area (Å²) < 4.78 is 24.2. The number of methoxy groups -OCH3 is 2. The number of aliphatic hydroxyl groups is 1. The summed E-state index contributed by atoms with van der Waals surface area (Å²) >= 11 is 0. The van der Waals surface area contributed by atoms with Crippen LogP contribution in [0.3, 0.4) is 0 Å². The van der Waals surface area contributed by atoms with Gasteiger partial charge in [0.2, 0.25) is 0 Å². The van der Waals surface area contributed by atoms with Gasteiger partial charge < -0.3 is 28.6 Å². The van der Waals surface area contributed by atoms with Crippen molar-refractivity contribution in [1.29, 1.82) is 0 Å². The van der Waals surface area contributed by atoms with Gasteiger partial charge in [-0.2, -0.15) is 0 Å². The van der Waals surface area contributed by atoms with E-state index in [2.05, 4.69) is 13.8 Å². The molecule has 4 rings (SSSR count). The zero-order valence-corrected chi connectivity index (χ0v) is 21.1. The largest absolute Gasteiger partial charge is 0.490 e. The molecule has 1 unspecified atom stereocenters. The molecule has 2 aromatic rings. The van der Waals surface area contributed by atoms with E-state index in [0.29, 0.717) is 30.0 Å². The van der Waals surface area contributed by atoms with Crippen LogP contribution in [-0.2, 0) is 27.2 Å². The molecule has 2 heterocycles. The first-order valence-electron chi connectivity index (χ1n) is 12.1. The van der Waals surface area contributed by atoms with Crippen LogP contribution in [0, 0.1) is 5.41 Å². The van der Waals surface area contributed by atoms with Gasteiger partial charge in [0, 0.05) is 61.9 Å². The Labute approximate surface area is 205 Å². The van der Waals surface area contributed by atoms with E-state index in [1.165, 1.54) is 6.07 Å². The molecule has 8 heteroatoms. The van der Waals surface area contributed by atoms with Gasteiger partial charge in [-0.25, -0.2) is 4.79 Å². The zero-order valence-electron chi connectivity index (χ0n) is 21.1. The van der Waals surface area contributed by atoms with E-state index in [1.54, 1.807) is 27.3 Å². The third-order valence-electron chi connectivity index (χ3n) is 7.15. The first kappa shape index (κ1) is 25.4. The molecule has 0 amide bonds. The highest BCUT2D eigenvalue weighted by molar-refractivity contribution is 5.89. The maximum atomic E-state index is 12.9.